The Kier molecular flexibility index (Phi) is 4.13. The van der Waals surface area contributed by atoms with E-state index in [0.29, 0.717) is 5.92 Å². The van der Waals surface area contributed by atoms with Crippen molar-refractivity contribution in [3.05, 3.63) is 33.2 Å². The van der Waals surface area contributed by atoms with Crippen molar-refractivity contribution in [2.45, 2.75) is 47.0 Å². The van der Waals surface area contributed by atoms with Crippen LogP contribution in [0.3, 0.4) is 0 Å². The molecule has 1 rings (SSSR count). The number of hydrogen-bond donors (Lipinski definition) is 1. The number of aromatic amines is 1. The highest BCUT2D eigenvalue weighted by atomic mass is 16.1. The molecule has 15 heavy (non-hydrogen) atoms. The second-order valence-electron chi connectivity index (χ2n) is 4.33. The number of rotatable bonds is 4. The Morgan fingerprint density at radius 3 is 2.33 bits per heavy atom. The van der Waals surface area contributed by atoms with Gasteiger partial charge in [-0.2, -0.15) is 0 Å². The second-order valence-corrected chi connectivity index (χ2v) is 4.33. The van der Waals surface area contributed by atoms with Gasteiger partial charge in [-0.05, 0) is 37.8 Å². The molecule has 1 N–H and O–H groups in total. The van der Waals surface area contributed by atoms with Crippen LogP contribution < -0.4 is 5.56 Å². The van der Waals surface area contributed by atoms with Gasteiger partial charge in [0.1, 0.15) is 0 Å². The largest absolute Gasteiger partial charge is 0.326 e. The first-order valence-electron chi connectivity index (χ1n) is 5.77. The molecule has 1 aromatic rings. The molecule has 0 amide bonds. The van der Waals surface area contributed by atoms with Crippen LogP contribution in [-0.2, 0) is 6.42 Å². The number of nitrogens with one attached hydrogen (secondary N) is 1. The molecule has 1 aromatic heterocycles. The van der Waals surface area contributed by atoms with E-state index in [-0.39, 0.29) is 5.56 Å². The van der Waals surface area contributed by atoms with Gasteiger partial charge in [-0.25, -0.2) is 0 Å². The summed E-state index contributed by atoms with van der Waals surface area (Å²) in [5, 5.41) is 0. The molecule has 0 aromatic carbocycles. The van der Waals surface area contributed by atoms with Crippen LogP contribution in [0.25, 0.3) is 0 Å². The third-order valence-electron chi connectivity index (χ3n) is 3.14. The Bertz CT molecular complexity index is 375. The highest BCUT2D eigenvalue weighted by Gasteiger charge is 2.10. The van der Waals surface area contributed by atoms with Gasteiger partial charge in [0.2, 0.25) is 0 Å². The maximum absolute atomic E-state index is 11.8. The first kappa shape index (κ1) is 12.0. The smallest absolute Gasteiger partial charge is 0.251 e. The minimum Gasteiger partial charge on any atom is -0.326 e. The molecule has 0 bridgehead atoms. The van der Waals surface area contributed by atoms with Gasteiger partial charge < -0.3 is 4.98 Å². The minimum absolute atomic E-state index is 0.0967. The third-order valence-corrected chi connectivity index (χ3v) is 3.14. The summed E-state index contributed by atoms with van der Waals surface area (Å²) in [6.07, 6.45) is 3.20. The van der Waals surface area contributed by atoms with E-state index < -0.39 is 0 Å². The summed E-state index contributed by atoms with van der Waals surface area (Å²) in [7, 11) is 0. The zero-order valence-corrected chi connectivity index (χ0v) is 10.2. The van der Waals surface area contributed by atoms with E-state index in [0.717, 1.165) is 36.1 Å². The fourth-order valence-electron chi connectivity index (χ4n) is 2.00. The van der Waals surface area contributed by atoms with Crippen LogP contribution in [0.2, 0.25) is 0 Å². The van der Waals surface area contributed by atoms with Crippen molar-refractivity contribution in [2.75, 3.05) is 0 Å². The summed E-state index contributed by atoms with van der Waals surface area (Å²) in [5.74, 6) is 0.632. The molecular weight excluding hydrogens is 186 g/mol. The summed E-state index contributed by atoms with van der Waals surface area (Å²) < 4.78 is 0. The topological polar surface area (TPSA) is 32.9 Å². The number of aromatic nitrogens is 1. The van der Waals surface area contributed by atoms with Gasteiger partial charge in [0.15, 0.2) is 0 Å². The van der Waals surface area contributed by atoms with Crippen molar-refractivity contribution >= 4 is 0 Å². The maximum Gasteiger partial charge on any atom is 0.251 e. The molecule has 1 heterocycles. The number of aryl methyl sites for hydroxylation is 2. The minimum atomic E-state index is 0.0967. The fourth-order valence-corrected chi connectivity index (χ4v) is 2.00. The third kappa shape index (κ3) is 2.95. The van der Waals surface area contributed by atoms with Crippen molar-refractivity contribution in [1.82, 2.24) is 4.98 Å². The van der Waals surface area contributed by atoms with Crippen molar-refractivity contribution in [1.29, 1.82) is 0 Å². The molecule has 84 valence electrons. The summed E-state index contributed by atoms with van der Waals surface area (Å²) in [6, 6.07) is 2.05. The van der Waals surface area contributed by atoms with Gasteiger partial charge in [0.25, 0.3) is 5.56 Å². The molecule has 0 unspecified atom stereocenters. The predicted octanol–water partition coefficient (Wildman–Crippen LogP) is 2.97. The molecule has 2 nitrogen and oxygen atoms in total. The van der Waals surface area contributed by atoms with Crippen LogP contribution >= 0.6 is 0 Å². The van der Waals surface area contributed by atoms with E-state index in [1.807, 2.05) is 13.8 Å². The van der Waals surface area contributed by atoms with E-state index in [9.17, 15) is 4.79 Å². The quantitative estimate of drug-likeness (QED) is 0.809. The van der Waals surface area contributed by atoms with Crippen LogP contribution in [-0.4, -0.2) is 4.98 Å². The van der Waals surface area contributed by atoms with E-state index in [1.54, 1.807) is 0 Å². The van der Waals surface area contributed by atoms with Crippen molar-refractivity contribution < 1.29 is 0 Å². The van der Waals surface area contributed by atoms with Crippen LogP contribution in [0.4, 0.5) is 0 Å². The Labute approximate surface area is 91.7 Å². The van der Waals surface area contributed by atoms with Crippen molar-refractivity contribution in [3.8, 4) is 0 Å². The molecular formula is C13H21NO. The maximum atomic E-state index is 11.8. The van der Waals surface area contributed by atoms with Crippen molar-refractivity contribution in [2.24, 2.45) is 5.92 Å². The van der Waals surface area contributed by atoms with E-state index >= 15 is 0 Å². The highest BCUT2D eigenvalue weighted by Crippen LogP contribution is 2.15. The lowest BCUT2D eigenvalue weighted by molar-refractivity contribution is 0.487. The molecule has 0 aliphatic carbocycles. The van der Waals surface area contributed by atoms with Gasteiger partial charge >= 0.3 is 0 Å². The van der Waals surface area contributed by atoms with Gasteiger partial charge in [-0.3, -0.25) is 4.79 Å². The summed E-state index contributed by atoms with van der Waals surface area (Å²) >= 11 is 0. The lowest BCUT2D eigenvalue weighted by Gasteiger charge is -2.13. The second kappa shape index (κ2) is 5.15. The summed E-state index contributed by atoms with van der Waals surface area (Å²) in [6.45, 7) is 8.33. The van der Waals surface area contributed by atoms with Crippen LogP contribution in [0, 0.1) is 19.8 Å². The van der Waals surface area contributed by atoms with Crippen LogP contribution in [0.1, 0.15) is 43.5 Å². The lowest BCUT2D eigenvalue weighted by Crippen LogP contribution is -2.18. The standard InChI is InChI=1S/C13H21NO/c1-5-11(6-2)8-12-9(3)7-10(4)14-13(12)15/h7,11H,5-6,8H2,1-4H3,(H,14,15). The Balaban J connectivity index is 2.99. The number of H-pyrrole nitrogens is 1. The van der Waals surface area contributed by atoms with Gasteiger partial charge in [-0.1, -0.05) is 26.7 Å². The Hall–Kier alpha value is -1.05. The first-order valence-corrected chi connectivity index (χ1v) is 5.77. The van der Waals surface area contributed by atoms with E-state index in [2.05, 4.69) is 24.9 Å². The van der Waals surface area contributed by atoms with Crippen molar-refractivity contribution in [3.63, 3.8) is 0 Å². The monoisotopic (exact) mass is 207 g/mol. The average Bonchev–Trinajstić information content (AvgIpc) is 2.17. The molecule has 0 radical (unpaired) electrons. The first-order chi connectivity index (χ1) is 7.08. The SMILES string of the molecule is CCC(CC)Cc1c(C)cc(C)[nH]c1=O. The molecule has 0 fully saturated rings. The van der Waals surface area contributed by atoms with E-state index in [1.165, 1.54) is 0 Å². The molecule has 0 aliphatic heterocycles. The van der Waals surface area contributed by atoms with Gasteiger partial charge in [-0.15, -0.1) is 0 Å². The number of pyridine rings is 1. The Morgan fingerprint density at radius 1 is 1.27 bits per heavy atom. The zero-order chi connectivity index (χ0) is 11.4. The highest BCUT2D eigenvalue weighted by molar-refractivity contribution is 5.25. The van der Waals surface area contributed by atoms with Crippen LogP contribution in [0.15, 0.2) is 10.9 Å². The predicted molar refractivity (Wildman–Crippen MR) is 64.3 cm³/mol. The lowest BCUT2D eigenvalue weighted by atomic mass is 9.93. The summed E-state index contributed by atoms with van der Waals surface area (Å²) in [5.41, 5.74) is 3.14. The summed E-state index contributed by atoms with van der Waals surface area (Å²) in [4.78, 5) is 14.7. The molecule has 0 saturated carbocycles. The molecule has 0 saturated heterocycles. The Morgan fingerprint density at radius 2 is 1.87 bits per heavy atom. The number of hydrogen-bond acceptors (Lipinski definition) is 1. The molecule has 0 aliphatic rings. The van der Waals surface area contributed by atoms with Gasteiger partial charge in [0.05, 0.1) is 0 Å². The fraction of sp³-hybridized carbons (Fsp3) is 0.615. The van der Waals surface area contributed by atoms with E-state index in [4.69, 9.17) is 0 Å². The average molecular weight is 207 g/mol. The molecule has 0 atom stereocenters. The normalized spacial score (nSPS) is 11.0. The van der Waals surface area contributed by atoms with Gasteiger partial charge in [0, 0.05) is 11.3 Å². The van der Waals surface area contributed by atoms with Crippen LogP contribution in [0.5, 0.6) is 0 Å². The zero-order valence-electron chi connectivity index (χ0n) is 10.2. The molecule has 0 spiro atoms. The molecule has 2 heteroatoms.